The van der Waals surface area contributed by atoms with Crippen molar-refractivity contribution >= 4 is 17.3 Å². The summed E-state index contributed by atoms with van der Waals surface area (Å²) in [5.74, 6) is 0.849. The summed E-state index contributed by atoms with van der Waals surface area (Å²) in [4.78, 5) is 18.5. The van der Waals surface area contributed by atoms with Gasteiger partial charge in [0.2, 0.25) is 5.91 Å². The fraction of sp³-hybridized carbons (Fsp3) is 0.308. The number of aromatic nitrogens is 1. The van der Waals surface area contributed by atoms with E-state index in [1.165, 1.54) is 5.56 Å². The van der Waals surface area contributed by atoms with Crippen molar-refractivity contribution in [2.24, 2.45) is 0 Å². The maximum atomic E-state index is 12.5. The molecular weight excluding hydrogens is 386 g/mol. The molecule has 0 bridgehead atoms. The Kier molecular flexibility index (Phi) is 5.21. The van der Waals surface area contributed by atoms with Crippen molar-refractivity contribution in [3.05, 3.63) is 83.7 Å². The molecule has 2 aromatic carbocycles. The molecule has 1 atom stereocenters. The smallest absolute Gasteiger partial charge is 0.224 e. The molecule has 1 amide bonds. The van der Waals surface area contributed by atoms with Crippen LogP contribution >= 0.6 is 0 Å². The topological polar surface area (TPSA) is 68.5 Å². The highest BCUT2D eigenvalue weighted by molar-refractivity contribution is 5.95. The first-order valence-electron chi connectivity index (χ1n) is 10.5. The van der Waals surface area contributed by atoms with Crippen LogP contribution in [0.15, 0.2) is 67.0 Å². The van der Waals surface area contributed by atoms with Crippen LogP contribution in [0, 0.1) is 0 Å². The van der Waals surface area contributed by atoms with Gasteiger partial charge in [-0.05, 0) is 67.8 Å². The average Bonchev–Trinajstić information content (AvgIpc) is 2.73. The minimum atomic E-state index is -0.334. The fourth-order valence-corrected chi connectivity index (χ4v) is 4.98. The van der Waals surface area contributed by atoms with Crippen LogP contribution in [0.1, 0.15) is 50.8 Å². The number of fused-ring (bicyclic) bond motifs is 1. The first kappa shape index (κ1) is 20.9. The van der Waals surface area contributed by atoms with Gasteiger partial charge >= 0.3 is 0 Å². The summed E-state index contributed by atoms with van der Waals surface area (Å²) in [6.07, 6.45) is 4.34. The van der Waals surface area contributed by atoms with Crippen LogP contribution in [0.2, 0.25) is 0 Å². The number of benzene rings is 2. The maximum absolute atomic E-state index is 12.5. The van der Waals surface area contributed by atoms with E-state index < -0.39 is 0 Å². The van der Waals surface area contributed by atoms with Crippen molar-refractivity contribution in [2.75, 3.05) is 10.6 Å². The molecule has 0 aliphatic carbocycles. The molecule has 4 rings (SSSR count). The Hall–Kier alpha value is -3.34. The third-order valence-corrected chi connectivity index (χ3v) is 6.18. The minimum absolute atomic E-state index is 0.0391. The summed E-state index contributed by atoms with van der Waals surface area (Å²) in [5.41, 5.74) is 10.4. The summed E-state index contributed by atoms with van der Waals surface area (Å²) < 4.78 is 5.93. The second-order valence-electron chi connectivity index (χ2n) is 9.13. The molecule has 160 valence electrons. The Morgan fingerprint density at radius 1 is 1.13 bits per heavy atom. The number of rotatable bonds is 4. The highest BCUT2D eigenvalue weighted by Crippen LogP contribution is 2.51. The van der Waals surface area contributed by atoms with Gasteiger partial charge in [0.1, 0.15) is 12.4 Å². The molecule has 5 heteroatoms. The van der Waals surface area contributed by atoms with Gasteiger partial charge in [0, 0.05) is 47.2 Å². The predicted molar refractivity (Wildman–Crippen MR) is 124 cm³/mol. The second kappa shape index (κ2) is 7.73. The minimum Gasteiger partial charge on any atom is -0.489 e. The number of anilines is 2. The number of carbonyl (C=O) groups excluding carboxylic acids is 1. The third kappa shape index (κ3) is 3.88. The SMILES string of the molecule is CC(=O)N1c2ccc(N)cc2C(C)(c2ccc(OCc3cccnc3)cc2)CC1(C)C. The molecule has 0 saturated carbocycles. The number of carbonyl (C=O) groups is 1. The van der Waals surface area contributed by atoms with Gasteiger partial charge in [0.15, 0.2) is 0 Å². The van der Waals surface area contributed by atoms with Crippen LogP contribution in [0.25, 0.3) is 0 Å². The van der Waals surface area contributed by atoms with Gasteiger partial charge in [-0.25, -0.2) is 0 Å². The quantitative estimate of drug-likeness (QED) is 0.603. The first-order chi connectivity index (χ1) is 14.7. The van der Waals surface area contributed by atoms with Crippen LogP contribution in [-0.4, -0.2) is 16.4 Å². The van der Waals surface area contributed by atoms with E-state index in [4.69, 9.17) is 10.5 Å². The van der Waals surface area contributed by atoms with Gasteiger partial charge in [-0.2, -0.15) is 0 Å². The van der Waals surface area contributed by atoms with Gasteiger partial charge in [-0.3, -0.25) is 9.78 Å². The standard InChI is InChI=1S/C26H29N3O2/c1-18(30)29-24-12-9-21(27)14-23(24)26(4,17-25(29,2)3)20-7-10-22(11-8-20)31-16-19-6-5-13-28-15-19/h5-15H,16-17,27H2,1-4H3. The van der Waals surface area contributed by atoms with Gasteiger partial charge < -0.3 is 15.4 Å². The number of ether oxygens (including phenoxy) is 1. The number of nitrogen functional groups attached to an aromatic ring is 1. The lowest BCUT2D eigenvalue weighted by molar-refractivity contribution is -0.117. The molecule has 1 aromatic heterocycles. The summed E-state index contributed by atoms with van der Waals surface area (Å²) in [6.45, 7) is 8.58. The molecular formula is C26H29N3O2. The molecule has 1 unspecified atom stereocenters. The molecule has 1 aliphatic heterocycles. The molecule has 5 nitrogen and oxygen atoms in total. The Labute approximate surface area is 183 Å². The highest BCUT2D eigenvalue weighted by Gasteiger charge is 2.47. The van der Waals surface area contributed by atoms with Crippen LogP contribution in [0.5, 0.6) is 5.75 Å². The summed E-state index contributed by atoms with van der Waals surface area (Å²) in [5, 5.41) is 0. The van der Waals surface area contributed by atoms with E-state index in [-0.39, 0.29) is 16.9 Å². The number of pyridine rings is 1. The van der Waals surface area contributed by atoms with E-state index in [2.05, 4.69) is 37.9 Å². The number of hydrogen-bond acceptors (Lipinski definition) is 4. The summed E-state index contributed by atoms with van der Waals surface area (Å²) in [7, 11) is 0. The zero-order valence-corrected chi connectivity index (χ0v) is 18.6. The molecule has 1 aliphatic rings. The van der Waals surface area contributed by atoms with Crippen molar-refractivity contribution in [3.8, 4) is 5.75 Å². The normalized spacial score (nSPS) is 19.5. The maximum Gasteiger partial charge on any atom is 0.224 e. The molecule has 0 radical (unpaired) electrons. The number of amides is 1. The number of nitrogens with two attached hydrogens (primary N) is 1. The zero-order chi connectivity index (χ0) is 22.2. The van der Waals surface area contributed by atoms with Crippen molar-refractivity contribution in [1.29, 1.82) is 0 Å². The number of nitrogens with zero attached hydrogens (tertiary/aromatic N) is 2. The lowest BCUT2D eigenvalue weighted by Crippen LogP contribution is -2.55. The van der Waals surface area contributed by atoms with Crippen molar-refractivity contribution in [2.45, 2.75) is 51.7 Å². The van der Waals surface area contributed by atoms with E-state index in [0.717, 1.165) is 29.0 Å². The van der Waals surface area contributed by atoms with E-state index in [0.29, 0.717) is 12.3 Å². The third-order valence-electron chi connectivity index (χ3n) is 6.18. The Morgan fingerprint density at radius 2 is 1.87 bits per heavy atom. The molecule has 31 heavy (non-hydrogen) atoms. The molecule has 0 spiro atoms. The van der Waals surface area contributed by atoms with Crippen LogP contribution < -0.4 is 15.4 Å². The summed E-state index contributed by atoms with van der Waals surface area (Å²) >= 11 is 0. The van der Waals surface area contributed by atoms with E-state index in [1.807, 2.05) is 53.6 Å². The monoisotopic (exact) mass is 415 g/mol. The van der Waals surface area contributed by atoms with Crippen LogP contribution in [-0.2, 0) is 16.8 Å². The molecule has 2 heterocycles. The predicted octanol–water partition coefficient (Wildman–Crippen LogP) is 5.08. The second-order valence-corrected chi connectivity index (χ2v) is 9.13. The van der Waals surface area contributed by atoms with E-state index >= 15 is 0 Å². The van der Waals surface area contributed by atoms with Crippen molar-refractivity contribution in [3.63, 3.8) is 0 Å². The highest BCUT2D eigenvalue weighted by atomic mass is 16.5. The largest absolute Gasteiger partial charge is 0.489 e. The van der Waals surface area contributed by atoms with E-state index in [1.54, 1.807) is 13.1 Å². The van der Waals surface area contributed by atoms with Crippen molar-refractivity contribution in [1.82, 2.24) is 4.98 Å². The average molecular weight is 416 g/mol. The Morgan fingerprint density at radius 3 is 2.52 bits per heavy atom. The molecule has 2 N–H and O–H groups in total. The molecule has 0 fully saturated rings. The van der Waals surface area contributed by atoms with Gasteiger partial charge in [-0.15, -0.1) is 0 Å². The van der Waals surface area contributed by atoms with Crippen LogP contribution in [0.3, 0.4) is 0 Å². The lowest BCUT2D eigenvalue weighted by atomic mass is 9.65. The Bertz CT molecular complexity index is 1090. The Balaban J connectivity index is 1.68. The van der Waals surface area contributed by atoms with Gasteiger partial charge in [-0.1, -0.05) is 25.1 Å². The van der Waals surface area contributed by atoms with Gasteiger partial charge in [0.05, 0.1) is 0 Å². The molecule has 0 saturated heterocycles. The van der Waals surface area contributed by atoms with E-state index in [9.17, 15) is 4.79 Å². The lowest BCUT2D eigenvalue weighted by Gasteiger charge is -2.51. The van der Waals surface area contributed by atoms with Crippen molar-refractivity contribution < 1.29 is 9.53 Å². The number of hydrogen-bond donors (Lipinski definition) is 1. The molecule has 3 aromatic rings. The van der Waals surface area contributed by atoms with Crippen LogP contribution in [0.4, 0.5) is 11.4 Å². The first-order valence-corrected chi connectivity index (χ1v) is 10.5. The zero-order valence-electron chi connectivity index (χ0n) is 18.6. The fourth-order valence-electron chi connectivity index (χ4n) is 4.98. The summed E-state index contributed by atoms with van der Waals surface area (Å²) in [6, 6.07) is 18.0. The van der Waals surface area contributed by atoms with Gasteiger partial charge in [0.25, 0.3) is 0 Å².